The summed E-state index contributed by atoms with van der Waals surface area (Å²) in [5.74, 6) is 0.280. The first-order chi connectivity index (χ1) is 9.61. The van der Waals surface area contributed by atoms with E-state index in [0.29, 0.717) is 10.9 Å². The summed E-state index contributed by atoms with van der Waals surface area (Å²) >= 11 is 3.27. The van der Waals surface area contributed by atoms with Crippen LogP contribution in [-0.2, 0) is 10.0 Å². The highest BCUT2D eigenvalue weighted by atomic mass is 79.9. The Bertz CT molecular complexity index is 581. The van der Waals surface area contributed by atoms with Crippen molar-refractivity contribution in [2.45, 2.75) is 38.1 Å². The molecule has 5 nitrogen and oxygen atoms in total. The lowest BCUT2D eigenvalue weighted by atomic mass is 9.86. The summed E-state index contributed by atoms with van der Waals surface area (Å²) in [6.07, 6.45) is 0.346. The summed E-state index contributed by atoms with van der Waals surface area (Å²) in [7, 11) is -2.32. The number of aliphatic hydroxyl groups is 1. The molecule has 1 aromatic carbocycles. The van der Waals surface area contributed by atoms with Crippen molar-refractivity contribution in [3.05, 3.63) is 22.7 Å². The average Bonchev–Trinajstić information content (AvgIpc) is 2.37. The monoisotopic (exact) mass is 379 g/mol. The number of hydrogen-bond acceptors (Lipinski definition) is 4. The van der Waals surface area contributed by atoms with Crippen molar-refractivity contribution < 1.29 is 18.3 Å². The number of methoxy groups -OCH3 is 1. The van der Waals surface area contributed by atoms with Gasteiger partial charge in [0.2, 0.25) is 10.0 Å². The van der Waals surface area contributed by atoms with Gasteiger partial charge in [-0.3, -0.25) is 0 Å². The lowest BCUT2D eigenvalue weighted by Crippen LogP contribution is -2.44. The molecule has 0 aromatic heterocycles. The molecule has 0 saturated heterocycles. The molecule has 21 heavy (non-hydrogen) atoms. The number of nitrogens with one attached hydrogen (secondary N) is 1. The van der Waals surface area contributed by atoms with Crippen LogP contribution in [0, 0.1) is 5.41 Å². The predicted molar refractivity (Wildman–Crippen MR) is 86.0 cm³/mol. The molecule has 0 aliphatic carbocycles. The van der Waals surface area contributed by atoms with Gasteiger partial charge < -0.3 is 9.84 Å². The van der Waals surface area contributed by atoms with Crippen molar-refractivity contribution in [3.8, 4) is 5.75 Å². The third-order valence-electron chi connectivity index (χ3n) is 3.18. The molecule has 0 bridgehead atoms. The summed E-state index contributed by atoms with van der Waals surface area (Å²) in [5, 5.41) is 9.15. The third-order valence-corrected chi connectivity index (χ3v) is 5.16. The third kappa shape index (κ3) is 4.95. The van der Waals surface area contributed by atoms with Gasteiger partial charge in [-0.05, 0) is 30.0 Å². The second-order valence-electron chi connectivity index (χ2n) is 5.85. The molecule has 1 atom stereocenters. The molecule has 0 radical (unpaired) electrons. The highest BCUT2D eigenvalue weighted by Crippen LogP contribution is 2.29. The van der Waals surface area contributed by atoms with Crippen LogP contribution in [0.2, 0.25) is 0 Å². The zero-order valence-corrected chi connectivity index (χ0v) is 15.1. The van der Waals surface area contributed by atoms with Gasteiger partial charge >= 0.3 is 0 Å². The fourth-order valence-corrected chi connectivity index (χ4v) is 4.09. The fourth-order valence-electron chi connectivity index (χ4n) is 1.91. The molecule has 7 heteroatoms. The standard InChI is InChI=1S/C14H22BrNO4S/c1-14(2,3)13(7-8-17)16-21(18,19)12-9-10(15)5-6-11(12)20-4/h5-6,9,13,16-17H,7-8H2,1-4H3. The van der Waals surface area contributed by atoms with Gasteiger partial charge in [-0.2, -0.15) is 0 Å². The van der Waals surface area contributed by atoms with Crippen molar-refractivity contribution >= 4 is 26.0 Å². The van der Waals surface area contributed by atoms with E-state index in [1.807, 2.05) is 20.8 Å². The molecular weight excluding hydrogens is 358 g/mol. The number of halogens is 1. The largest absolute Gasteiger partial charge is 0.495 e. The predicted octanol–water partition coefficient (Wildman–Crippen LogP) is 2.53. The number of aliphatic hydroxyl groups excluding tert-OH is 1. The van der Waals surface area contributed by atoms with E-state index in [1.54, 1.807) is 12.1 Å². The Hall–Kier alpha value is -0.630. The zero-order valence-electron chi connectivity index (χ0n) is 12.7. The first-order valence-corrected chi connectivity index (χ1v) is 8.86. The molecule has 0 fully saturated rings. The highest BCUT2D eigenvalue weighted by Gasteiger charge is 2.30. The minimum atomic E-state index is -3.75. The van der Waals surface area contributed by atoms with Crippen molar-refractivity contribution in [3.63, 3.8) is 0 Å². The fraction of sp³-hybridized carbons (Fsp3) is 0.571. The van der Waals surface area contributed by atoms with Crippen LogP contribution in [0.25, 0.3) is 0 Å². The van der Waals surface area contributed by atoms with Crippen LogP contribution in [0.1, 0.15) is 27.2 Å². The Balaban J connectivity index is 3.19. The van der Waals surface area contributed by atoms with E-state index in [2.05, 4.69) is 20.7 Å². The highest BCUT2D eigenvalue weighted by molar-refractivity contribution is 9.10. The SMILES string of the molecule is COc1ccc(Br)cc1S(=O)(=O)NC(CCO)C(C)(C)C. The van der Waals surface area contributed by atoms with Gasteiger partial charge in [0.25, 0.3) is 0 Å². The number of benzene rings is 1. The van der Waals surface area contributed by atoms with Crippen molar-refractivity contribution in [1.82, 2.24) is 4.72 Å². The number of sulfonamides is 1. The molecule has 0 heterocycles. The van der Waals surface area contributed by atoms with E-state index in [1.165, 1.54) is 13.2 Å². The molecule has 1 rings (SSSR count). The smallest absolute Gasteiger partial charge is 0.244 e. The summed E-state index contributed by atoms with van der Waals surface area (Å²) in [4.78, 5) is 0.0755. The summed E-state index contributed by atoms with van der Waals surface area (Å²) in [6.45, 7) is 5.69. The summed E-state index contributed by atoms with van der Waals surface area (Å²) < 4.78 is 33.6. The first-order valence-electron chi connectivity index (χ1n) is 6.58. The molecule has 1 aromatic rings. The molecular formula is C14H22BrNO4S. The normalized spacial score (nSPS) is 14.0. The van der Waals surface area contributed by atoms with Crippen LogP contribution in [0.3, 0.4) is 0 Å². The Morgan fingerprint density at radius 1 is 1.38 bits per heavy atom. The van der Waals surface area contributed by atoms with E-state index >= 15 is 0 Å². The van der Waals surface area contributed by atoms with Crippen LogP contribution in [0.15, 0.2) is 27.6 Å². The quantitative estimate of drug-likeness (QED) is 0.795. The van der Waals surface area contributed by atoms with E-state index in [0.717, 1.165) is 0 Å². The molecule has 1 unspecified atom stereocenters. The minimum absolute atomic E-state index is 0.0755. The second kappa shape index (κ2) is 7.09. The van der Waals surface area contributed by atoms with Crippen molar-refractivity contribution in [2.24, 2.45) is 5.41 Å². The van der Waals surface area contributed by atoms with Gasteiger partial charge in [-0.15, -0.1) is 0 Å². The van der Waals surface area contributed by atoms with Crippen molar-refractivity contribution in [2.75, 3.05) is 13.7 Å². The lowest BCUT2D eigenvalue weighted by molar-refractivity contribution is 0.214. The van der Waals surface area contributed by atoms with Crippen LogP contribution < -0.4 is 9.46 Å². The Morgan fingerprint density at radius 3 is 2.48 bits per heavy atom. The van der Waals surface area contributed by atoms with Gasteiger partial charge in [-0.25, -0.2) is 13.1 Å². The van der Waals surface area contributed by atoms with E-state index in [9.17, 15) is 8.42 Å². The number of rotatable bonds is 6. The Morgan fingerprint density at radius 2 is 2.00 bits per heavy atom. The maximum absolute atomic E-state index is 12.6. The van der Waals surface area contributed by atoms with Crippen molar-refractivity contribution in [1.29, 1.82) is 0 Å². The Kier molecular flexibility index (Phi) is 6.22. The second-order valence-corrected chi connectivity index (χ2v) is 8.45. The minimum Gasteiger partial charge on any atom is -0.495 e. The summed E-state index contributed by atoms with van der Waals surface area (Å²) in [5.41, 5.74) is -0.310. The zero-order chi connectivity index (χ0) is 16.3. The molecule has 0 saturated carbocycles. The maximum atomic E-state index is 12.6. The topological polar surface area (TPSA) is 75.6 Å². The number of ether oxygens (including phenoxy) is 1. The molecule has 0 aliphatic heterocycles. The van der Waals surface area contributed by atoms with Gasteiger partial charge in [0.05, 0.1) is 7.11 Å². The molecule has 0 aliphatic rings. The molecule has 2 N–H and O–H groups in total. The van der Waals surface area contributed by atoms with E-state index < -0.39 is 10.0 Å². The van der Waals surface area contributed by atoms with E-state index in [4.69, 9.17) is 9.84 Å². The van der Waals surface area contributed by atoms with Crippen LogP contribution in [0.4, 0.5) is 0 Å². The molecule has 0 spiro atoms. The van der Waals surface area contributed by atoms with Crippen LogP contribution >= 0.6 is 15.9 Å². The van der Waals surface area contributed by atoms with E-state index in [-0.39, 0.29) is 28.7 Å². The number of hydrogen-bond donors (Lipinski definition) is 2. The average molecular weight is 380 g/mol. The van der Waals surface area contributed by atoms with Gasteiger partial charge in [0, 0.05) is 17.1 Å². The van der Waals surface area contributed by atoms with Gasteiger partial charge in [-0.1, -0.05) is 36.7 Å². The lowest BCUT2D eigenvalue weighted by Gasteiger charge is -2.31. The maximum Gasteiger partial charge on any atom is 0.244 e. The Labute approximate surface area is 134 Å². The van der Waals surface area contributed by atoms with Crippen LogP contribution in [-0.4, -0.2) is 33.3 Å². The van der Waals surface area contributed by atoms with Gasteiger partial charge in [0.15, 0.2) is 0 Å². The molecule has 0 amide bonds. The summed E-state index contributed by atoms with van der Waals surface area (Å²) in [6, 6.07) is 4.43. The van der Waals surface area contributed by atoms with Gasteiger partial charge in [0.1, 0.15) is 10.6 Å². The van der Waals surface area contributed by atoms with Crippen LogP contribution in [0.5, 0.6) is 5.75 Å². The first kappa shape index (κ1) is 18.4. The molecule has 120 valence electrons.